The summed E-state index contributed by atoms with van der Waals surface area (Å²) in [6, 6.07) is 0. The van der Waals surface area contributed by atoms with Gasteiger partial charge in [-0.1, -0.05) is 33.6 Å². The lowest BCUT2D eigenvalue weighted by Gasteiger charge is -2.43. The van der Waals surface area contributed by atoms with E-state index in [9.17, 15) is 0 Å². The summed E-state index contributed by atoms with van der Waals surface area (Å²) < 4.78 is 0. The topological polar surface area (TPSA) is 12.0 Å². The fraction of sp³-hybridized carbons (Fsp3) is 1.00. The average molecular weight is 183 g/mol. The molecule has 0 radical (unpaired) electrons. The molecule has 0 amide bonds. The molecule has 13 heavy (non-hydrogen) atoms. The Kier molecular flexibility index (Phi) is 4.24. The van der Waals surface area contributed by atoms with Crippen molar-refractivity contribution >= 4 is 0 Å². The van der Waals surface area contributed by atoms with Crippen molar-refractivity contribution in [3.05, 3.63) is 0 Å². The minimum Gasteiger partial charge on any atom is -0.316 e. The molecule has 0 spiro atoms. The highest BCUT2D eigenvalue weighted by Gasteiger charge is 2.35. The first-order valence-corrected chi connectivity index (χ1v) is 5.89. The third-order valence-corrected chi connectivity index (χ3v) is 3.42. The second-order valence-corrected chi connectivity index (χ2v) is 5.07. The van der Waals surface area contributed by atoms with Crippen molar-refractivity contribution in [2.45, 2.75) is 52.9 Å². The summed E-state index contributed by atoms with van der Waals surface area (Å²) in [5.74, 6) is 0.874. The van der Waals surface area contributed by atoms with Crippen LogP contribution in [-0.2, 0) is 0 Å². The standard InChI is InChI=1S/C12H25N/c1-4-13-10-12(7-5-8-12)9-6-11(2)3/h11,13H,4-10H2,1-3H3. The first-order chi connectivity index (χ1) is 6.18. The van der Waals surface area contributed by atoms with Gasteiger partial charge in [0.2, 0.25) is 0 Å². The molecule has 0 aromatic rings. The van der Waals surface area contributed by atoms with Gasteiger partial charge in [-0.15, -0.1) is 0 Å². The maximum Gasteiger partial charge on any atom is 0.000769 e. The van der Waals surface area contributed by atoms with E-state index in [-0.39, 0.29) is 0 Å². The predicted octanol–water partition coefficient (Wildman–Crippen LogP) is 3.20. The molecule has 0 atom stereocenters. The molecule has 1 N–H and O–H groups in total. The Bertz CT molecular complexity index is 136. The van der Waals surface area contributed by atoms with Crippen molar-refractivity contribution in [3.63, 3.8) is 0 Å². The highest BCUT2D eigenvalue weighted by molar-refractivity contribution is 4.89. The zero-order chi connectivity index (χ0) is 9.73. The molecule has 78 valence electrons. The van der Waals surface area contributed by atoms with Gasteiger partial charge in [0.15, 0.2) is 0 Å². The van der Waals surface area contributed by atoms with Crippen molar-refractivity contribution in [1.82, 2.24) is 5.32 Å². The van der Waals surface area contributed by atoms with Crippen molar-refractivity contribution in [3.8, 4) is 0 Å². The van der Waals surface area contributed by atoms with Gasteiger partial charge in [-0.2, -0.15) is 0 Å². The minimum atomic E-state index is 0.695. The predicted molar refractivity (Wildman–Crippen MR) is 58.9 cm³/mol. The van der Waals surface area contributed by atoms with Gasteiger partial charge >= 0.3 is 0 Å². The van der Waals surface area contributed by atoms with Crippen LogP contribution in [0.2, 0.25) is 0 Å². The largest absolute Gasteiger partial charge is 0.316 e. The summed E-state index contributed by atoms with van der Waals surface area (Å²) in [4.78, 5) is 0. The molecule has 1 aliphatic carbocycles. The van der Waals surface area contributed by atoms with Gasteiger partial charge in [0, 0.05) is 6.54 Å². The lowest BCUT2D eigenvalue weighted by molar-refractivity contribution is 0.109. The highest BCUT2D eigenvalue weighted by Crippen LogP contribution is 2.44. The van der Waals surface area contributed by atoms with Crippen LogP contribution in [0.15, 0.2) is 0 Å². The van der Waals surface area contributed by atoms with Crippen molar-refractivity contribution in [2.75, 3.05) is 13.1 Å². The Morgan fingerprint density at radius 2 is 2.00 bits per heavy atom. The Morgan fingerprint density at radius 1 is 1.31 bits per heavy atom. The van der Waals surface area contributed by atoms with Gasteiger partial charge in [-0.05, 0) is 37.1 Å². The monoisotopic (exact) mass is 183 g/mol. The second-order valence-electron chi connectivity index (χ2n) is 5.07. The molecular formula is C12H25N. The number of rotatable bonds is 6. The molecule has 0 saturated heterocycles. The molecule has 1 nitrogen and oxygen atoms in total. The van der Waals surface area contributed by atoms with Gasteiger partial charge < -0.3 is 5.32 Å². The van der Waals surface area contributed by atoms with Crippen molar-refractivity contribution in [2.24, 2.45) is 11.3 Å². The number of hydrogen-bond acceptors (Lipinski definition) is 1. The van der Waals surface area contributed by atoms with Crippen molar-refractivity contribution in [1.29, 1.82) is 0 Å². The Morgan fingerprint density at radius 3 is 2.38 bits per heavy atom. The zero-order valence-electron chi connectivity index (χ0n) is 9.53. The van der Waals surface area contributed by atoms with Gasteiger partial charge in [0.05, 0.1) is 0 Å². The fourth-order valence-corrected chi connectivity index (χ4v) is 2.18. The van der Waals surface area contributed by atoms with Crippen molar-refractivity contribution < 1.29 is 0 Å². The van der Waals surface area contributed by atoms with Crippen LogP contribution < -0.4 is 5.32 Å². The van der Waals surface area contributed by atoms with Crippen LogP contribution in [-0.4, -0.2) is 13.1 Å². The fourth-order valence-electron chi connectivity index (χ4n) is 2.18. The van der Waals surface area contributed by atoms with Gasteiger partial charge in [-0.25, -0.2) is 0 Å². The van der Waals surface area contributed by atoms with E-state index in [0.717, 1.165) is 12.5 Å². The van der Waals surface area contributed by atoms with Crippen LogP contribution >= 0.6 is 0 Å². The molecular weight excluding hydrogens is 158 g/mol. The Balaban J connectivity index is 2.23. The molecule has 1 aliphatic rings. The van der Waals surface area contributed by atoms with Gasteiger partial charge in [0.25, 0.3) is 0 Å². The van der Waals surface area contributed by atoms with Crippen LogP contribution in [0.4, 0.5) is 0 Å². The molecule has 0 bridgehead atoms. The van der Waals surface area contributed by atoms with Gasteiger partial charge in [-0.3, -0.25) is 0 Å². The first-order valence-electron chi connectivity index (χ1n) is 5.89. The molecule has 0 aliphatic heterocycles. The maximum absolute atomic E-state index is 3.51. The Hall–Kier alpha value is -0.0400. The van der Waals surface area contributed by atoms with E-state index in [1.54, 1.807) is 0 Å². The van der Waals surface area contributed by atoms with Crippen LogP contribution in [0, 0.1) is 11.3 Å². The van der Waals surface area contributed by atoms with Gasteiger partial charge in [0.1, 0.15) is 0 Å². The maximum atomic E-state index is 3.51. The first kappa shape index (κ1) is 11.0. The summed E-state index contributed by atoms with van der Waals surface area (Å²) in [7, 11) is 0. The number of hydrogen-bond donors (Lipinski definition) is 1. The molecule has 1 heteroatoms. The van der Waals surface area contributed by atoms with E-state index in [1.807, 2.05) is 0 Å². The highest BCUT2D eigenvalue weighted by atomic mass is 14.9. The van der Waals surface area contributed by atoms with E-state index in [2.05, 4.69) is 26.1 Å². The Labute approximate surface area is 83.3 Å². The summed E-state index contributed by atoms with van der Waals surface area (Å²) in [6.07, 6.45) is 7.24. The lowest BCUT2D eigenvalue weighted by atomic mass is 9.65. The van der Waals surface area contributed by atoms with E-state index >= 15 is 0 Å². The van der Waals surface area contributed by atoms with E-state index in [0.29, 0.717) is 5.41 Å². The summed E-state index contributed by atoms with van der Waals surface area (Å²) in [6.45, 7) is 9.26. The van der Waals surface area contributed by atoms with E-state index in [4.69, 9.17) is 0 Å². The molecule has 0 heterocycles. The second kappa shape index (κ2) is 4.99. The van der Waals surface area contributed by atoms with Crippen LogP contribution in [0.3, 0.4) is 0 Å². The van der Waals surface area contributed by atoms with Crippen LogP contribution in [0.5, 0.6) is 0 Å². The lowest BCUT2D eigenvalue weighted by Crippen LogP contribution is -2.40. The molecule has 0 aromatic carbocycles. The third kappa shape index (κ3) is 3.30. The molecule has 1 rings (SSSR count). The minimum absolute atomic E-state index is 0.695. The quantitative estimate of drug-likeness (QED) is 0.667. The van der Waals surface area contributed by atoms with E-state index in [1.165, 1.54) is 38.6 Å². The molecule has 1 fully saturated rings. The average Bonchev–Trinajstić information content (AvgIpc) is 2.02. The third-order valence-electron chi connectivity index (χ3n) is 3.42. The summed E-state index contributed by atoms with van der Waals surface area (Å²) in [5, 5.41) is 3.51. The smallest absolute Gasteiger partial charge is 0.000769 e. The number of nitrogens with one attached hydrogen (secondary N) is 1. The summed E-state index contributed by atoms with van der Waals surface area (Å²) in [5.41, 5.74) is 0.695. The SMILES string of the molecule is CCNCC1(CCC(C)C)CCC1. The molecule has 0 aromatic heterocycles. The normalized spacial score (nSPS) is 20.3. The molecule has 1 saturated carbocycles. The zero-order valence-corrected chi connectivity index (χ0v) is 9.53. The molecule has 0 unspecified atom stereocenters. The van der Waals surface area contributed by atoms with E-state index < -0.39 is 0 Å². The van der Waals surface area contributed by atoms with Crippen LogP contribution in [0.25, 0.3) is 0 Å². The summed E-state index contributed by atoms with van der Waals surface area (Å²) >= 11 is 0. The van der Waals surface area contributed by atoms with Crippen LogP contribution in [0.1, 0.15) is 52.9 Å².